The fourth-order valence-corrected chi connectivity index (χ4v) is 1.80. The third-order valence-corrected chi connectivity index (χ3v) is 2.74. The molecule has 0 aromatic rings. The van der Waals surface area contributed by atoms with E-state index in [1.54, 1.807) is 0 Å². The summed E-state index contributed by atoms with van der Waals surface area (Å²) in [6.07, 6.45) is 10.8. The first-order valence-corrected chi connectivity index (χ1v) is 4.60. The first-order valence-electron chi connectivity index (χ1n) is 4.60. The molecule has 2 fully saturated rings. The zero-order valence-electron chi connectivity index (χ0n) is 6.51. The molecule has 2 saturated carbocycles. The summed E-state index contributed by atoms with van der Waals surface area (Å²) in [4.78, 5) is 0. The average molecular weight is 140 g/mol. The Morgan fingerprint density at radius 1 is 0.700 bits per heavy atom. The first-order chi connectivity index (χ1) is 4.95. The normalized spacial score (nSPS) is 28.8. The van der Waals surface area contributed by atoms with Crippen molar-refractivity contribution in [3.8, 4) is 0 Å². The molecule has 0 heterocycles. The Hall–Kier alpha value is -0.0400. The van der Waals surface area contributed by atoms with Crippen LogP contribution >= 0.6 is 0 Å². The van der Waals surface area contributed by atoms with E-state index in [2.05, 4.69) is 0 Å². The number of hydrogen-bond donors (Lipinski definition) is 0. The lowest BCUT2D eigenvalue weighted by Gasteiger charge is -2.28. The Morgan fingerprint density at radius 2 is 1.20 bits per heavy atom. The van der Waals surface area contributed by atoms with Gasteiger partial charge in [-0.3, -0.25) is 0 Å². The van der Waals surface area contributed by atoms with Crippen LogP contribution in [-0.2, 0) is 4.74 Å². The van der Waals surface area contributed by atoms with Crippen molar-refractivity contribution in [2.75, 3.05) is 0 Å². The lowest BCUT2D eigenvalue weighted by Crippen LogP contribution is -2.26. The second-order valence-electron chi connectivity index (χ2n) is 3.60. The van der Waals surface area contributed by atoms with E-state index in [9.17, 15) is 0 Å². The molecule has 58 valence electrons. The molecule has 0 atom stereocenters. The summed E-state index contributed by atoms with van der Waals surface area (Å²) < 4.78 is 5.85. The molecule has 1 nitrogen and oxygen atoms in total. The largest absolute Gasteiger partial charge is 0.375 e. The maximum atomic E-state index is 5.85. The van der Waals surface area contributed by atoms with E-state index in [0.717, 1.165) is 0 Å². The second kappa shape index (κ2) is 2.91. The van der Waals surface area contributed by atoms with Gasteiger partial charge in [0.1, 0.15) is 0 Å². The summed E-state index contributed by atoms with van der Waals surface area (Å²) >= 11 is 0. The standard InChI is InChI=1S/C9H16O/c1-2-5-8(4-1)10-9-6-3-7-9/h8-9H,1-7H2. The Bertz CT molecular complexity index is 101. The van der Waals surface area contributed by atoms with Gasteiger partial charge < -0.3 is 4.74 Å². The fourth-order valence-electron chi connectivity index (χ4n) is 1.80. The second-order valence-corrected chi connectivity index (χ2v) is 3.60. The summed E-state index contributed by atoms with van der Waals surface area (Å²) in [6.45, 7) is 0. The van der Waals surface area contributed by atoms with Crippen LogP contribution in [0.3, 0.4) is 0 Å². The van der Waals surface area contributed by atoms with Crippen LogP contribution in [0.25, 0.3) is 0 Å². The fraction of sp³-hybridized carbons (Fsp3) is 1.00. The third kappa shape index (κ3) is 1.34. The Labute approximate surface area is 62.8 Å². The van der Waals surface area contributed by atoms with Gasteiger partial charge in [0, 0.05) is 0 Å². The Morgan fingerprint density at radius 3 is 1.60 bits per heavy atom. The molecule has 2 aliphatic rings. The van der Waals surface area contributed by atoms with E-state index < -0.39 is 0 Å². The van der Waals surface area contributed by atoms with Crippen LogP contribution in [-0.4, -0.2) is 12.2 Å². The molecule has 0 N–H and O–H groups in total. The summed E-state index contributed by atoms with van der Waals surface area (Å²) in [7, 11) is 0. The van der Waals surface area contributed by atoms with Gasteiger partial charge in [0.2, 0.25) is 0 Å². The van der Waals surface area contributed by atoms with Gasteiger partial charge in [0.25, 0.3) is 0 Å². The molecule has 0 unspecified atom stereocenters. The maximum absolute atomic E-state index is 5.85. The predicted molar refractivity (Wildman–Crippen MR) is 41.0 cm³/mol. The summed E-state index contributed by atoms with van der Waals surface area (Å²) in [5.41, 5.74) is 0. The lowest BCUT2D eigenvalue weighted by atomic mass is 9.96. The highest BCUT2D eigenvalue weighted by Gasteiger charge is 2.24. The van der Waals surface area contributed by atoms with Crippen LogP contribution in [0, 0.1) is 0 Å². The molecule has 2 rings (SSSR count). The molecule has 10 heavy (non-hydrogen) atoms. The lowest BCUT2D eigenvalue weighted by molar-refractivity contribution is -0.0474. The Kier molecular flexibility index (Phi) is 1.94. The van der Waals surface area contributed by atoms with Crippen molar-refractivity contribution in [3.63, 3.8) is 0 Å². The van der Waals surface area contributed by atoms with Crippen molar-refractivity contribution in [2.45, 2.75) is 57.2 Å². The molecule has 1 heteroatoms. The van der Waals surface area contributed by atoms with Crippen molar-refractivity contribution in [1.29, 1.82) is 0 Å². The van der Waals surface area contributed by atoms with E-state index >= 15 is 0 Å². The molecule has 0 aromatic carbocycles. The maximum Gasteiger partial charge on any atom is 0.0579 e. The molecule has 0 radical (unpaired) electrons. The minimum absolute atomic E-state index is 0.644. The first kappa shape index (κ1) is 6.66. The van der Waals surface area contributed by atoms with Crippen LogP contribution in [0.1, 0.15) is 44.9 Å². The molecule has 0 aromatic heterocycles. The molecular formula is C9H16O. The van der Waals surface area contributed by atoms with Gasteiger partial charge in [-0.2, -0.15) is 0 Å². The highest BCUT2D eigenvalue weighted by Crippen LogP contribution is 2.29. The van der Waals surface area contributed by atoms with Crippen LogP contribution in [0.2, 0.25) is 0 Å². The van der Waals surface area contributed by atoms with E-state index in [1.807, 2.05) is 0 Å². The van der Waals surface area contributed by atoms with Gasteiger partial charge in [-0.1, -0.05) is 12.8 Å². The van der Waals surface area contributed by atoms with Gasteiger partial charge in [-0.25, -0.2) is 0 Å². The SMILES string of the molecule is C1CCC(OC2CCC2)C1. The summed E-state index contributed by atoms with van der Waals surface area (Å²) in [5, 5.41) is 0. The van der Waals surface area contributed by atoms with E-state index in [1.165, 1.54) is 44.9 Å². The minimum Gasteiger partial charge on any atom is -0.375 e. The van der Waals surface area contributed by atoms with Crippen molar-refractivity contribution in [2.24, 2.45) is 0 Å². The van der Waals surface area contributed by atoms with Gasteiger partial charge in [-0.05, 0) is 32.1 Å². The smallest absolute Gasteiger partial charge is 0.0579 e. The monoisotopic (exact) mass is 140 g/mol. The topological polar surface area (TPSA) is 9.23 Å². The number of hydrogen-bond acceptors (Lipinski definition) is 1. The van der Waals surface area contributed by atoms with E-state index in [-0.39, 0.29) is 0 Å². The number of ether oxygens (including phenoxy) is 1. The zero-order valence-corrected chi connectivity index (χ0v) is 6.51. The third-order valence-electron chi connectivity index (χ3n) is 2.74. The zero-order chi connectivity index (χ0) is 6.81. The highest BCUT2D eigenvalue weighted by atomic mass is 16.5. The van der Waals surface area contributed by atoms with Crippen molar-refractivity contribution in [1.82, 2.24) is 0 Å². The van der Waals surface area contributed by atoms with Crippen molar-refractivity contribution in [3.05, 3.63) is 0 Å². The quantitative estimate of drug-likeness (QED) is 0.572. The molecule has 2 aliphatic carbocycles. The number of rotatable bonds is 2. The van der Waals surface area contributed by atoms with Crippen LogP contribution in [0.15, 0.2) is 0 Å². The van der Waals surface area contributed by atoms with Crippen LogP contribution < -0.4 is 0 Å². The minimum atomic E-state index is 0.644. The highest BCUT2D eigenvalue weighted by molar-refractivity contribution is 4.74. The van der Waals surface area contributed by atoms with Crippen molar-refractivity contribution < 1.29 is 4.74 Å². The molecule has 0 bridgehead atoms. The Balaban J connectivity index is 1.68. The van der Waals surface area contributed by atoms with Crippen molar-refractivity contribution >= 4 is 0 Å². The predicted octanol–water partition coefficient (Wildman–Crippen LogP) is 2.50. The summed E-state index contributed by atoms with van der Waals surface area (Å²) in [6, 6.07) is 0. The molecule has 0 aliphatic heterocycles. The summed E-state index contributed by atoms with van der Waals surface area (Å²) in [5.74, 6) is 0. The molecule has 0 amide bonds. The molecule has 0 saturated heterocycles. The van der Waals surface area contributed by atoms with Crippen LogP contribution in [0.4, 0.5) is 0 Å². The molecule has 0 spiro atoms. The molecular weight excluding hydrogens is 124 g/mol. The van der Waals surface area contributed by atoms with E-state index in [4.69, 9.17) is 4.74 Å². The van der Waals surface area contributed by atoms with Gasteiger partial charge in [0.15, 0.2) is 0 Å². The van der Waals surface area contributed by atoms with E-state index in [0.29, 0.717) is 12.2 Å². The van der Waals surface area contributed by atoms with Crippen LogP contribution in [0.5, 0.6) is 0 Å². The van der Waals surface area contributed by atoms with Gasteiger partial charge in [-0.15, -0.1) is 0 Å². The van der Waals surface area contributed by atoms with Gasteiger partial charge in [0.05, 0.1) is 12.2 Å². The van der Waals surface area contributed by atoms with Gasteiger partial charge >= 0.3 is 0 Å². The average Bonchev–Trinajstić information content (AvgIpc) is 2.29.